The van der Waals surface area contributed by atoms with E-state index >= 15 is 0 Å². The van der Waals surface area contributed by atoms with Crippen LogP contribution in [-0.4, -0.2) is 23.6 Å². The molecule has 1 aliphatic rings. The summed E-state index contributed by atoms with van der Waals surface area (Å²) >= 11 is 3.40. The number of anilines is 1. The van der Waals surface area contributed by atoms with Gasteiger partial charge in [-0.1, -0.05) is 0 Å². The fourth-order valence-electron chi connectivity index (χ4n) is 1.84. The molecule has 1 aromatic rings. The summed E-state index contributed by atoms with van der Waals surface area (Å²) in [5.41, 5.74) is 7.10. The van der Waals surface area contributed by atoms with Gasteiger partial charge in [0.2, 0.25) is 0 Å². The summed E-state index contributed by atoms with van der Waals surface area (Å²) in [6.07, 6.45) is 1.83. The molecule has 76 valence electrons. The van der Waals surface area contributed by atoms with Crippen molar-refractivity contribution in [1.29, 1.82) is 0 Å². The van der Waals surface area contributed by atoms with Crippen LogP contribution in [0.5, 0.6) is 0 Å². The van der Waals surface area contributed by atoms with Crippen molar-refractivity contribution >= 4 is 21.7 Å². The van der Waals surface area contributed by atoms with E-state index in [4.69, 9.17) is 5.73 Å². The van der Waals surface area contributed by atoms with Crippen molar-refractivity contribution in [2.24, 2.45) is 5.73 Å². The molecule has 0 amide bonds. The van der Waals surface area contributed by atoms with Gasteiger partial charge in [-0.05, 0) is 41.4 Å². The normalized spacial score (nSPS) is 19.3. The van der Waals surface area contributed by atoms with E-state index in [-0.39, 0.29) is 5.54 Å². The van der Waals surface area contributed by atoms with Crippen LogP contribution in [0.1, 0.15) is 12.5 Å². The summed E-state index contributed by atoms with van der Waals surface area (Å²) in [5.74, 6) is 1.05. The summed E-state index contributed by atoms with van der Waals surface area (Å²) in [5, 5.41) is 0. The molecule has 1 fully saturated rings. The second-order valence-corrected chi connectivity index (χ2v) is 5.22. The van der Waals surface area contributed by atoms with Crippen molar-refractivity contribution in [2.45, 2.75) is 19.4 Å². The van der Waals surface area contributed by atoms with Crippen molar-refractivity contribution in [3.05, 3.63) is 22.3 Å². The van der Waals surface area contributed by atoms with Crippen molar-refractivity contribution in [2.75, 3.05) is 18.0 Å². The van der Waals surface area contributed by atoms with Gasteiger partial charge in [0.05, 0.1) is 0 Å². The first-order valence-electron chi connectivity index (χ1n) is 4.64. The molecule has 2 rings (SSSR count). The lowest BCUT2D eigenvalue weighted by Crippen LogP contribution is -2.66. The van der Waals surface area contributed by atoms with E-state index in [0.29, 0.717) is 0 Å². The van der Waals surface area contributed by atoms with Gasteiger partial charge < -0.3 is 10.6 Å². The molecule has 2 heterocycles. The highest BCUT2D eigenvalue weighted by atomic mass is 79.9. The van der Waals surface area contributed by atoms with Crippen molar-refractivity contribution in [3.63, 3.8) is 0 Å². The molecule has 3 nitrogen and oxygen atoms in total. The quantitative estimate of drug-likeness (QED) is 0.831. The van der Waals surface area contributed by atoms with Gasteiger partial charge in [-0.3, -0.25) is 0 Å². The number of hydrogen-bond acceptors (Lipinski definition) is 3. The van der Waals surface area contributed by atoms with E-state index in [1.807, 2.05) is 6.20 Å². The maximum Gasteiger partial charge on any atom is 0.131 e. The van der Waals surface area contributed by atoms with Crippen LogP contribution < -0.4 is 10.6 Å². The Labute approximate surface area is 92.4 Å². The van der Waals surface area contributed by atoms with Crippen LogP contribution >= 0.6 is 15.9 Å². The Morgan fingerprint density at radius 1 is 1.57 bits per heavy atom. The van der Waals surface area contributed by atoms with E-state index in [9.17, 15) is 0 Å². The van der Waals surface area contributed by atoms with Gasteiger partial charge in [-0.2, -0.15) is 0 Å². The third-order valence-electron chi connectivity index (χ3n) is 2.42. The van der Waals surface area contributed by atoms with E-state index in [1.54, 1.807) is 0 Å². The van der Waals surface area contributed by atoms with Crippen LogP contribution in [0.2, 0.25) is 0 Å². The number of rotatable bonds is 1. The number of nitrogens with zero attached hydrogens (tertiary/aromatic N) is 2. The van der Waals surface area contributed by atoms with Crippen LogP contribution in [0.25, 0.3) is 0 Å². The minimum atomic E-state index is -0.0405. The minimum Gasteiger partial charge on any atom is -0.353 e. The first kappa shape index (κ1) is 9.93. The molecule has 1 aliphatic heterocycles. The minimum absolute atomic E-state index is 0.0405. The summed E-state index contributed by atoms with van der Waals surface area (Å²) in [6, 6.07) is 2.08. The number of aryl methyl sites for hydroxylation is 1. The van der Waals surface area contributed by atoms with Gasteiger partial charge in [0.15, 0.2) is 0 Å². The molecule has 2 N–H and O–H groups in total. The number of halogens is 1. The Kier molecular flexibility index (Phi) is 2.27. The Morgan fingerprint density at radius 2 is 2.21 bits per heavy atom. The highest BCUT2D eigenvalue weighted by Gasteiger charge is 2.36. The molecule has 0 aromatic carbocycles. The molecular formula is C10H14BrN3. The Balaban J connectivity index is 2.19. The molecule has 0 bridgehead atoms. The zero-order chi connectivity index (χ0) is 10.3. The fourth-order valence-corrected chi connectivity index (χ4v) is 2.29. The highest BCUT2D eigenvalue weighted by molar-refractivity contribution is 9.10. The molecule has 0 radical (unpaired) electrons. The van der Waals surface area contributed by atoms with Crippen molar-refractivity contribution < 1.29 is 0 Å². The van der Waals surface area contributed by atoms with Gasteiger partial charge >= 0.3 is 0 Å². The predicted molar refractivity (Wildman–Crippen MR) is 61.5 cm³/mol. The van der Waals surface area contributed by atoms with Crippen molar-refractivity contribution in [3.8, 4) is 0 Å². The van der Waals surface area contributed by atoms with E-state index in [2.05, 4.69) is 45.7 Å². The summed E-state index contributed by atoms with van der Waals surface area (Å²) < 4.78 is 1.02. The zero-order valence-corrected chi connectivity index (χ0v) is 10.0. The maximum absolute atomic E-state index is 5.95. The zero-order valence-electron chi connectivity index (χ0n) is 8.42. The second-order valence-electron chi connectivity index (χ2n) is 4.30. The predicted octanol–water partition coefficient (Wildman–Crippen LogP) is 1.69. The number of pyridine rings is 1. The van der Waals surface area contributed by atoms with Gasteiger partial charge in [0.25, 0.3) is 0 Å². The summed E-state index contributed by atoms with van der Waals surface area (Å²) in [7, 11) is 0. The van der Waals surface area contributed by atoms with Gasteiger partial charge in [-0.15, -0.1) is 0 Å². The van der Waals surface area contributed by atoms with Gasteiger partial charge in [0, 0.05) is 29.3 Å². The average molecular weight is 256 g/mol. The first-order chi connectivity index (χ1) is 6.48. The largest absolute Gasteiger partial charge is 0.353 e. The van der Waals surface area contributed by atoms with Crippen LogP contribution in [-0.2, 0) is 0 Å². The molecule has 0 spiro atoms. The van der Waals surface area contributed by atoms with E-state index in [1.165, 1.54) is 5.56 Å². The Bertz CT molecular complexity index is 354. The lowest BCUT2D eigenvalue weighted by Gasteiger charge is -2.46. The molecule has 4 heteroatoms. The third-order valence-corrected chi connectivity index (χ3v) is 2.85. The lowest BCUT2D eigenvalue weighted by molar-refractivity contribution is 0.362. The molecule has 1 aromatic heterocycles. The van der Waals surface area contributed by atoms with Gasteiger partial charge in [0.1, 0.15) is 5.82 Å². The first-order valence-corrected chi connectivity index (χ1v) is 5.43. The standard InChI is InChI=1S/C10H14BrN3/c1-7-3-8(11)4-13-9(7)14-5-10(2,12)6-14/h3-4H,5-6,12H2,1-2H3. The highest BCUT2D eigenvalue weighted by Crippen LogP contribution is 2.27. The average Bonchev–Trinajstić information content (AvgIpc) is 2.00. The SMILES string of the molecule is Cc1cc(Br)cnc1N1CC(C)(N)C1. The molecule has 1 saturated heterocycles. The van der Waals surface area contributed by atoms with Crippen LogP contribution in [0.3, 0.4) is 0 Å². The molecule has 0 unspecified atom stereocenters. The molecular weight excluding hydrogens is 242 g/mol. The van der Waals surface area contributed by atoms with Crippen LogP contribution in [0.15, 0.2) is 16.7 Å². The third kappa shape index (κ3) is 1.77. The number of hydrogen-bond donors (Lipinski definition) is 1. The molecule has 0 atom stereocenters. The fraction of sp³-hybridized carbons (Fsp3) is 0.500. The number of aromatic nitrogens is 1. The van der Waals surface area contributed by atoms with Gasteiger partial charge in [-0.25, -0.2) is 4.98 Å². The smallest absolute Gasteiger partial charge is 0.131 e. The second kappa shape index (κ2) is 3.21. The molecule has 0 aliphatic carbocycles. The monoisotopic (exact) mass is 255 g/mol. The lowest BCUT2D eigenvalue weighted by atomic mass is 9.93. The maximum atomic E-state index is 5.95. The molecule has 0 saturated carbocycles. The Morgan fingerprint density at radius 3 is 2.71 bits per heavy atom. The summed E-state index contributed by atoms with van der Waals surface area (Å²) in [6.45, 7) is 5.92. The van der Waals surface area contributed by atoms with Crippen LogP contribution in [0, 0.1) is 6.92 Å². The van der Waals surface area contributed by atoms with E-state index < -0.39 is 0 Å². The van der Waals surface area contributed by atoms with Crippen LogP contribution in [0.4, 0.5) is 5.82 Å². The van der Waals surface area contributed by atoms with E-state index in [0.717, 1.165) is 23.4 Å². The number of nitrogens with two attached hydrogens (primary N) is 1. The topological polar surface area (TPSA) is 42.2 Å². The molecule has 14 heavy (non-hydrogen) atoms. The Hall–Kier alpha value is -0.610. The summed E-state index contributed by atoms with van der Waals surface area (Å²) in [4.78, 5) is 6.60. The van der Waals surface area contributed by atoms with Crippen molar-refractivity contribution in [1.82, 2.24) is 4.98 Å².